The van der Waals surface area contributed by atoms with Crippen LogP contribution in [0.3, 0.4) is 0 Å². The van der Waals surface area contributed by atoms with Gasteiger partial charge < -0.3 is 15.0 Å². The molecular formula is C12H18Cl2N2O2S. The smallest absolute Gasteiger partial charge is 0.225 e. The molecule has 1 unspecified atom stereocenters. The first-order valence-electron chi connectivity index (χ1n) is 5.95. The van der Waals surface area contributed by atoms with E-state index in [2.05, 4.69) is 5.32 Å². The number of rotatable bonds is 4. The summed E-state index contributed by atoms with van der Waals surface area (Å²) in [7, 11) is 1.81. The van der Waals surface area contributed by atoms with E-state index in [4.69, 9.17) is 16.3 Å². The van der Waals surface area contributed by atoms with Gasteiger partial charge in [0.25, 0.3) is 0 Å². The summed E-state index contributed by atoms with van der Waals surface area (Å²) in [5.74, 6) is 0.105. The Labute approximate surface area is 128 Å². The van der Waals surface area contributed by atoms with Gasteiger partial charge in [-0.15, -0.1) is 23.7 Å². The maximum atomic E-state index is 12.0. The van der Waals surface area contributed by atoms with Gasteiger partial charge in [-0.05, 0) is 12.1 Å². The van der Waals surface area contributed by atoms with Gasteiger partial charge in [0, 0.05) is 25.0 Å². The Bertz CT molecular complexity index is 408. The number of hydrogen-bond donors (Lipinski definition) is 1. The zero-order valence-electron chi connectivity index (χ0n) is 10.7. The maximum absolute atomic E-state index is 12.0. The van der Waals surface area contributed by atoms with Crippen LogP contribution >= 0.6 is 35.3 Å². The molecule has 1 saturated heterocycles. The van der Waals surface area contributed by atoms with Crippen LogP contribution in [0.4, 0.5) is 0 Å². The third kappa shape index (κ3) is 5.28. The van der Waals surface area contributed by atoms with Crippen LogP contribution < -0.4 is 5.32 Å². The summed E-state index contributed by atoms with van der Waals surface area (Å²) in [5.41, 5.74) is 0. The number of morpholine rings is 1. The lowest BCUT2D eigenvalue weighted by Crippen LogP contribution is -2.41. The third-order valence-corrected chi connectivity index (χ3v) is 4.07. The summed E-state index contributed by atoms with van der Waals surface area (Å²) >= 11 is 7.37. The molecule has 0 aromatic carbocycles. The molecule has 0 bridgehead atoms. The van der Waals surface area contributed by atoms with Crippen LogP contribution in [0.1, 0.15) is 11.3 Å². The van der Waals surface area contributed by atoms with E-state index in [0.29, 0.717) is 19.6 Å². The molecule has 1 aliphatic rings. The topological polar surface area (TPSA) is 41.6 Å². The Morgan fingerprint density at radius 2 is 2.42 bits per heavy atom. The molecule has 0 saturated carbocycles. The van der Waals surface area contributed by atoms with Gasteiger partial charge in [-0.2, -0.15) is 0 Å². The number of nitrogens with zero attached hydrogens (tertiary/aromatic N) is 1. The zero-order chi connectivity index (χ0) is 13.0. The van der Waals surface area contributed by atoms with E-state index in [-0.39, 0.29) is 24.4 Å². The number of ether oxygens (including phenoxy) is 1. The van der Waals surface area contributed by atoms with Crippen molar-refractivity contribution in [2.24, 2.45) is 0 Å². The first kappa shape index (κ1) is 16.7. The van der Waals surface area contributed by atoms with Crippen molar-refractivity contribution in [2.75, 3.05) is 26.7 Å². The molecule has 1 amide bonds. The largest absolute Gasteiger partial charge is 0.375 e. The monoisotopic (exact) mass is 324 g/mol. The summed E-state index contributed by atoms with van der Waals surface area (Å²) in [6, 6.07) is 3.81. The Kier molecular flexibility index (Phi) is 7.10. The Morgan fingerprint density at radius 1 is 1.63 bits per heavy atom. The van der Waals surface area contributed by atoms with E-state index in [0.717, 1.165) is 22.3 Å². The van der Waals surface area contributed by atoms with E-state index < -0.39 is 0 Å². The zero-order valence-corrected chi connectivity index (χ0v) is 13.1. The predicted octanol–water partition coefficient (Wildman–Crippen LogP) is 2.16. The third-order valence-electron chi connectivity index (χ3n) is 2.85. The summed E-state index contributed by atoms with van der Waals surface area (Å²) in [6.45, 7) is 2.91. The first-order valence-corrected chi connectivity index (χ1v) is 7.15. The quantitative estimate of drug-likeness (QED) is 0.922. The summed E-state index contributed by atoms with van der Waals surface area (Å²) < 4.78 is 6.28. The van der Waals surface area contributed by atoms with Gasteiger partial charge in [-0.3, -0.25) is 4.79 Å². The number of nitrogens with one attached hydrogen (secondary N) is 1. The average Bonchev–Trinajstić information content (AvgIpc) is 2.76. The van der Waals surface area contributed by atoms with E-state index >= 15 is 0 Å². The molecule has 1 aromatic rings. The van der Waals surface area contributed by atoms with Gasteiger partial charge >= 0.3 is 0 Å². The molecule has 1 fully saturated rings. The highest BCUT2D eigenvalue weighted by atomic mass is 35.5. The standard InChI is InChI=1S/C12H17ClN2O2S.ClH/c1-15(8-10-2-3-11(13)18-10)12(16)6-9-7-14-4-5-17-9;/h2-3,9,14H,4-8H2,1H3;1H. The molecule has 2 heterocycles. The highest BCUT2D eigenvalue weighted by Crippen LogP contribution is 2.22. The van der Waals surface area contributed by atoms with Crippen LogP contribution in [0, 0.1) is 0 Å². The number of carbonyl (C=O) groups excluding carboxylic acids is 1. The fraction of sp³-hybridized carbons (Fsp3) is 0.583. The van der Waals surface area contributed by atoms with E-state index in [1.807, 2.05) is 19.2 Å². The van der Waals surface area contributed by atoms with Gasteiger partial charge in [0.1, 0.15) is 0 Å². The Hall–Kier alpha value is -0.330. The molecule has 4 nitrogen and oxygen atoms in total. The van der Waals surface area contributed by atoms with Crippen LogP contribution in [-0.2, 0) is 16.1 Å². The van der Waals surface area contributed by atoms with Crippen molar-refractivity contribution < 1.29 is 9.53 Å². The van der Waals surface area contributed by atoms with Crippen molar-refractivity contribution in [3.63, 3.8) is 0 Å². The van der Waals surface area contributed by atoms with Crippen LogP contribution in [-0.4, -0.2) is 43.7 Å². The van der Waals surface area contributed by atoms with E-state index in [1.165, 1.54) is 11.3 Å². The molecule has 19 heavy (non-hydrogen) atoms. The molecule has 0 spiro atoms. The number of thiophene rings is 1. The molecule has 108 valence electrons. The Morgan fingerprint density at radius 3 is 3.00 bits per heavy atom. The maximum Gasteiger partial charge on any atom is 0.225 e. The van der Waals surface area contributed by atoms with Gasteiger partial charge in [0.05, 0.1) is 30.0 Å². The van der Waals surface area contributed by atoms with Gasteiger partial charge in [0.15, 0.2) is 0 Å². The molecular weight excluding hydrogens is 307 g/mol. The fourth-order valence-electron chi connectivity index (χ4n) is 1.86. The van der Waals surface area contributed by atoms with Gasteiger partial charge in [-0.1, -0.05) is 11.6 Å². The summed E-state index contributed by atoms with van der Waals surface area (Å²) in [5, 5.41) is 3.22. The van der Waals surface area contributed by atoms with Gasteiger partial charge in [-0.25, -0.2) is 0 Å². The second-order valence-electron chi connectivity index (χ2n) is 4.36. The molecule has 1 aliphatic heterocycles. The Balaban J connectivity index is 0.00000180. The van der Waals surface area contributed by atoms with Crippen molar-refractivity contribution in [2.45, 2.75) is 19.1 Å². The highest BCUT2D eigenvalue weighted by molar-refractivity contribution is 7.16. The summed E-state index contributed by atoms with van der Waals surface area (Å²) in [4.78, 5) is 14.8. The van der Waals surface area contributed by atoms with Crippen LogP contribution in [0.25, 0.3) is 0 Å². The first-order chi connectivity index (χ1) is 8.65. The molecule has 2 rings (SSSR count). The van der Waals surface area contributed by atoms with E-state index in [1.54, 1.807) is 4.90 Å². The molecule has 1 aromatic heterocycles. The minimum absolute atomic E-state index is 0. The molecule has 7 heteroatoms. The van der Waals surface area contributed by atoms with Crippen molar-refractivity contribution >= 4 is 41.3 Å². The number of amides is 1. The van der Waals surface area contributed by atoms with Crippen molar-refractivity contribution in [3.05, 3.63) is 21.3 Å². The summed E-state index contributed by atoms with van der Waals surface area (Å²) in [6.07, 6.45) is 0.434. The SMILES string of the molecule is CN(Cc1ccc(Cl)s1)C(=O)CC1CNCCO1.Cl. The van der Waals surface area contributed by atoms with Crippen LogP contribution in [0.5, 0.6) is 0 Å². The minimum atomic E-state index is 0. The van der Waals surface area contributed by atoms with E-state index in [9.17, 15) is 4.79 Å². The number of halogens is 2. The van der Waals surface area contributed by atoms with Crippen molar-refractivity contribution in [1.82, 2.24) is 10.2 Å². The second-order valence-corrected chi connectivity index (χ2v) is 6.16. The van der Waals surface area contributed by atoms with Gasteiger partial charge in [0.2, 0.25) is 5.91 Å². The van der Waals surface area contributed by atoms with Crippen LogP contribution in [0.15, 0.2) is 12.1 Å². The lowest BCUT2D eigenvalue weighted by molar-refractivity contribution is -0.133. The minimum Gasteiger partial charge on any atom is -0.375 e. The lowest BCUT2D eigenvalue weighted by atomic mass is 10.2. The lowest BCUT2D eigenvalue weighted by Gasteiger charge is -2.25. The highest BCUT2D eigenvalue weighted by Gasteiger charge is 2.19. The molecule has 0 radical (unpaired) electrons. The number of hydrogen-bond acceptors (Lipinski definition) is 4. The van der Waals surface area contributed by atoms with Crippen molar-refractivity contribution in [1.29, 1.82) is 0 Å². The number of carbonyl (C=O) groups is 1. The normalized spacial score (nSPS) is 18.7. The molecule has 1 atom stereocenters. The predicted molar refractivity (Wildman–Crippen MR) is 80.3 cm³/mol. The fourth-order valence-corrected chi connectivity index (χ4v) is 3.00. The second kappa shape index (κ2) is 8.07. The average molecular weight is 325 g/mol. The van der Waals surface area contributed by atoms with Crippen molar-refractivity contribution in [3.8, 4) is 0 Å². The molecule has 0 aliphatic carbocycles. The molecule has 1 N–H and O–H groups in total. The van der Waals surface area contributed by atoms with Crippen LogP contribution in [0.2, 0.25) is 4.34 Å².